The Kier molecular flexibility index (Phi) is 4.87. The Bertz CT molecular complexity index is 579. The molecule has 0 saturated heterocycles. The second kappa shape index (κ2) is 7.04. The van der Waals surface area contributed by atoms with Crippen LogP contribution < -0.4 is 5.32 Å². The number of fused-ring (bicyclic) bond motifs is 1. The highest BCUT2D eigenvalue weighted by molar-refractivity contribution is 5.78. The predicted molar refractivity (Wildman–Crippen MR) is 89.7 cm³/mol. The molecule has 0 radical (unpaired) electrons. The fourth-order valence-corrected chi connectivity index (χ4v) is 3.57. The first-order valence-electron chi connectivity index (χ1n) is 8.46. The van der Waals surface area contributed by atoms with Crippen molar-refractivity contribution in [2.45, 2.75) is 57.4 Å². The predicted octanol–water partition coefficient (Wildman–Crippen LogP) is 4.65. The minimum Gasteiger partial charge on any atom is -0.313 e. The number of pyridine rings is 1. The average molecular weight is 282 g/mol. The third-order valence-electron chi connectivity index (χ3n) is 4.71. The van der Waals surface area contributed by atoms with Crippen LogP contribution in [0.5, 0.6) is 0 Å². The van der Waals surface area contributed by atoms with Crippen molar-refractivity contribution < 1.29 is 0 Å². The van der Waals surface area contributed by atoms with Gasteiger partial charge in [0, 0.05) is 23.5 Å². The summed E-state index contributed by atoms with van der Waals surface area (Å²) in [5, 5.41) is 5.05. The molecule has 1 N–H and O–H groups in total. The summed E-state index contributed by atoms with van der Waals surface area (Å²) in [5.41, 5.74) is 2.53. The van der Waals surface area contributed by atoms with Crippen LogP contribution in [0.3, 0.4) is 0 Å². The van der Waals surface area contributed by atoms with E-state index in [9.17, 15) is 0 Å². The Hall–Kier alpha value is -1.41. The van der Waals surface area contributed by atoms with Crippen LogP contribution in [0, 0.1) is 0 Å². The molecule has 1 aromatic heterocycles. The van der Waals surface area contributed by atoms with Crippen LogP contribution in [0.2, 0.25) is 0 Å². The molecule has 1 aromatic carbocycles. The SMILES string of the molecule is CCCNC1CCCCCC1c1cnc2ccccc2c1. The van der Waals surface area contributed by atoms with Crippen molar-refractivity contribution in [1.82, 2.24) is 10.3 Å². The lowest BCUT2D eigenvalue weighted by atomic mass is 9.88. The van der Waals surface area contributed by atoms with E-state index in [4.69, 9.17) is 0 Å². The number of nitrogens with one attached hydrogen (secondary N) is 1. The van der Waals surface area contributed by atoms with Crippen LogP contribution in [0.1, 0.15) is 56.9 Å². The molecule has 0 amide bonds. The molecular weight excluding hydrogens is 256 g/mol. The molecule has 0 bridgehead atoms. The van der Waals surface area contributed by atoms with Crippen LogP contribution in [-0.4, -0.2) is 17.6 Å². The van der Waals surface area contributed by atoms with Crippen molar-refractivity contribution in [3.05, 3.63) is 42.1 Å². The standard InChI is InChI=1S/C19H26N2/c1-2-12-20-19-11-5-3-4-9-17(19)16-13-15-8-6-7-10-18(15)21-14-16/h6-8,10,13-14,17,19-20H,2-5,9,11-12H2,1H3. The molecule has 1 saturated carbocycles. The third-order valence-corrected chi connectivity index (χ3v) is 4.71. The van der Waals surface area contributed by atoms with Gasteiger partial charge in [-0.1, -0.05) is 44.4 Å². The van der Waals surface area contributed by atoms with Gasteiger partial charge in [0.05, 0.1) is 5.52 Å². The molecule has 2 heteroatoms. The van der Waals surface area contributed by atoms with E-state index in [0.717, 1.165) is 12.1 Å². The number of para-hydroxylation sites is 1. The third kappa shape index (κ3) is 3.44. The second-order valence-corrected chi connectivity index (χ2v) is 6.27. The average Bonchev–Trinajstić information content (AvgIpc) is 2.78. The summed E-state index contributed by atoms with van der Waals surface area (Å²) in [5.74, 6) is 0.621. The second-order valence-electron chi connectivity index (χ2n) is 6.27. The maximum absolute atomic E-state index is 4.67. The van der Waals surface area contributed by atoms with E-state index in [2.05, 4.69) is 53.8 Å². The lowest BCUT2D eigenvalue weighted by molar-refractivity contribution is 0.410. The summed E-state index contributed by atoms with van der Waals surface area (Å²) in [6, 6.07) is 11.4. The highest BCUT2D eigenvalue weighted by Crippen LogP contribution is 2.32. The van der Waals surface area contributed by atoms with Gasteiger partial charge in [0.15, 0.2) is 0 Å². The minimum atomic E-state index is 0.621. The Morgan fingerprint density at radius 3 is 2.90 bits per heavy atom. The van der Waals surface area contributed by atoms with Gasteiger partial charge < -0.3 is 5.32 Å². The zero-order valence-corrected chi connectivity index (χ0v) is 13.0. The monoisotopic (exact) mass is 282 g/mol. The lowest BCUT2D eigenvalue weighted by Crippen LogP contribution is -2.34. The Balaban J connectivity index is 1.88. The van der Waals surface area contributed by atoms with Crippen molar-refractivity contribution in [1.29, 1.82) is 0 Å². The molecule has 1 aliphatic carbocycles. The van der Waals surface area contributed by atoms with Gasteiger partial charge in [0.1, 0.15) is 0 Å². The molecule has 2 aromatic rings. The largest absolute Gasteiger partial charge is 0.313 e. The molecule has 1 heterocycles. The molecule has 112 valence electrons. The van der Waals surface area contributed by atoms with Gasteiger partial charge in [-0.15, -0.1) is 0 Å². The van der Waals surface area contributed by atoms with E-state index in [0.29, 0.717) is 12.0 Å². The van der Waals surface area contributed by atoms with E-state index in [1.165, 1.54) is 49.5 Å². The van der Waals surface area contributed by atoms with E-state index >= 15 is 0 Å². The number of nitrogens with zero attached hydrogens (tertiary/aromatic N) is 1. The number of aromatic nitrogens is 1. The van der Waals surface area contributed by atoms with Gasteiger partial charge in [0.2, 0.25) is 0 Å². The molecule has 2 unspecified atom stereocenters. The number of benzene rings is 1. The summed E-state index contributed by atoms with van der Waals surface area (Å²) in [4.78, 5) is 4.67. The molecule has 1 fully saturated rings. The Labute approximate surface area is 128 Å². The van der Waals surface area contributed by atoms with E-state index < -0.39 is 0 Å². The van der Waals surface area contributed by atoms with Crippen LogP contribution in [-0.2, 0) is 0 Å². The number of hydrogen-bond donors (Lipinski definition) is 1. The Morgan fingerprint density at radius 1 is 1.14 bits per heavy atom. The van der Waals surface area contributed by atoms with Gasteiger partial charge >= 0.3 is 0 Å². The van der Waals surface area contributed by atoms with Crippen molar-refractivity contribution >= 4 is 10.9 Å². The fourth-order valence-electron chi connectivity index (χ4n) is 3.57. The number of hydrogen-bond acceptors (Lipinski definition) is 2. The molecule has 2 atom stereocenters. The van der Waals surface area contributed by atoms with Crippen LogP contribution in [0.15, 0.2) is 36.5 Å². The van der Waals surface area contributed by atoms with E-state index in [-0.39, 0.29) is 0 Å². The van der Waals surface area contributed by atoms with Crippen molar-refractivity contribution in [3.8, 4) is 0 Å². The number of rotatable bonds is 4. The smallest absolute Gasteiger partial charge is 0.0702 e. The summed E-state index contributed by atoms with van der Waals surface area (Å²) in [6.07, 6.45) is 10.00. The molecule has 1 aliphatic rings. The topological polar surface area (TPSA) is 24.9 Å². The quantitative estimate of drug-likeness (QED) is 0.826. The summed E-state index contributed by atoms with van der Waals surface area (Å²) in [7, 11) is 0. The van der Waals surface area contributed by atoms with E-state index in [1.807, 2.05) is 0 Å². The maximum Gasteiger partial charge on any atom is 0.0702 e. The first-order chi connectivity index (χ1) is 10.4. The summed E-state index contributed by atoms with van der Waals surface area (Å²) in [6.45, 7) is 3.37. The maximum atomic E-state index is 4.67. The summed E-state index contributed by atoms with van der Waals surface area (Å²) >= 11 is 0. The fraction of sp³-hybridized carbons (Fsp3) is 0.526. The zero-order valence-electron chi connectivity index (χ0n) is 13.0. The molecule has 21 heavy (non-hydrogen) atoms. The lowest BCUT2D eigenvalue weighted by Gasteiger charge is -2.26. The first-order valence-corrected chi connectivity index (χ1v) is 8.46. The molecule has 0 aliphatic heterocycles. The van der Waals surface area contributed by atoms with Gasteiger partial charge in [0.25, 0.3) is 0 Å². The van der Waals surface area contributed by atoms with Gasteiger partial charge in [-0.2, -0.15) is 0 Å². The molecule has 0 spiro atoms. The molecule has 2 nitrogen and oxygen atoms in total. The van der Waals surface area contributed by atoms with Crippen molar-refractivity contribution in [3.63, 3.8) is 0 Å². The molecule has 3 rings (SSSR count). The molecular formula is C19H26N2. The first kappa shape index (κ1) is 14.5. The minimum absolute atomic E-state index is 0.621. The van der Waals surface area contributed by atoms with Crippen molar-refractivity contribution in [2.24, 2.45) is 0 Å². The van der Waals surface area contributed by atoms with Crippen LogP contribution in [0.4, 0.5) is 0 Å². The Morgan fingerprint density at radius 2 is 2.00 bits per heavy atom. The zero-order chi connectivity index (χ0) is 14.5. The van der Waals surface area contributed by atoms with Gasteiger partial charge in [-0.3, -0.25) is 4.98 Å². The highest BCUT2D eigenvalue weighted by Gasteiger charge is 2.24. The van der Waals surface area contributed by atoms with Crippen LogP contribution in [0.25, 0.3) is 10.9 Å². The van der Waals surface area contributed by atoms with Crippen LogP contribution >= 0.6 is 0 Å². The van der Waals surface area contributed by atoms with Crippen molar-refractivity contribution in [2.75, 3.05) is 6.54 Å². The van der Waals surface area contributed by atoms with E-state index in [1.54, 1.807) is 0 Å². The van der Waals surface area contributed by atoms with Gasteiger partial charge in [-0.05, 0) is 43.5 Å². The van der Waals surface area contributed by atoms with Gasteiger partial charge in [-0.25, -0.2) is 0 Å². The summed E-state index contributed by atoms with van der Waals surface area (Å²) < 4.78 is 0. The highest BCUT2D eigenvalue weighted by atomic mass is 14.9. The normalized spacial score (nSPS) is 23.1.